The quantitative estimate of drug-likeness (QED) is 0.857. The van der Waals surface area contributed by atoms with E-state index in [1.165, 1.54) is 30.6 Å². The first-order chi connectivity index (χ1) is 7.81. The third-order valence-corrected chi connectivity index (χ3v) is 4.88. The van der Waals surface area contributed by atoms with Crippen molar-refractivity contribution in [3.8, 4) is 0 Å². The van der Waals surface area contributed by atoms with Gasteiger partial charge in [-0.05, 0) is 42.5 Å². The average molecular weight is 235 g/mol. The Morgan fingerprint density at radius 1 is 1.44 bits per heavy atom. The highest BCUT2D eigenvalue weighted by Crippen LogP contribution is 2.44. The molecule has 2 saturated carbocycles. The van der Waals surface area contributed by atoms with Crippen LogP contribution in [-0.4, -0.2) is 11.9 Å². The summed E-state index contributed by atoms with van der Waals surface area (Å²) in [6.45, 7) is 0. The summed E-state index contributed by atoms with van der Waals surface area (Å²) in [4.78, 5) is 13.0. The smallest absolute Gasteiger partial charge is 0.225 e. The van der Waals surface area contributed by atoms with Crippen molar-refractivity contribution in [3.63, 3.8) is 0 Å². The van der Waals surface area contributed by atoms with Crippen molar-refractivity contribution in [2.45, 2.75) is 38.1 Å². The van der Waals surface area contributed by atoms with Gasteiger partial charge in [-0.1, -0.05) is 12.5 Å². The third kappa shape index (κ3) is 2.01. The monoisotopic (exact) mass is 235 g/mol. The van der Waals surface area contributed by atoms with E-state index in [0.717, 1.165) is 11.8 Å². The molecule has 2 aliphatic rings. The fourth-order valence-corrected chi connectivity index (χ4v) is 3.95. The van der Waals surface area contributed by atoms with Gasteiger partial charge in [-0.3, -0.25) is 4.79 Å². The second-order valence-corrected chi connectivity index (χ2v) is 6.14. The van der Waals surface area contributed by atoms with Crippen molar-refractivity contribution in [2.24, 2.45) is 11.8 Å². The maximum atomic E-state index is 11.8. The van der Waals surface area contributed by atoms with Crippen LogP contribution in [0.3, 0.4) is 0 Å². The molecule has 3 rings (SSSR count). The number of hydrogen-bond donors (Lipinski definition) is 1. The highest BCUT2D eigenvalue weighted by Gasteiger charge is 2.39. The van der Waals surface area contributed by atoms with Gasteiger partial charge in [0.1, 0.15) is 0 Å². The van der Waals surface area contributed by atoms with E-state index in [4.69, 9.17) is 0 Å². The lowest BCUT2D eigenvalue weighted by molar-refractivity contribution is -0.121. The fourth-order valence-electron chi connectivity index (χ4n) is 3.25. The van der Waals surface area contributed by atoms with Crippen molar-refractivity contribution < 1.29 is 4.79 Å². The van der Waals surface area contributed by atoms with E-state index in [1.54, 1.807) is 11.3 Å². The summed E-state index contributed by atoms with van der Waals surface area (Å²) in [5, 5.41) is 5.24. The average Bonchev–Trinajstić information content (AvgIpc) is 2.92. The van der Waals surface area contributed by atoms with Crippen molar-refractivity contribution in [3.05, 3.63) is 22.4 Å². The first-order valence-corrected chi connectivity index (χ1v) is 7.01. The number of nitrogens with one attached hydrogen (secondary N) is 1. The standard InChI is InChI=1S/C13H17NOS/c15-13(8-11-2-1-5-16-11)14-12-7-9-3-4-10(12)6-9/h1-2,5,9-10,12H,3-4,6-8H2,(H,14,15)/t9-,10-,12+/m0/s1. The van der Waals surface area contributed by atoms with Crippen LogP contribution in [-0.2, 0) is 11.2 Å². The Balaban J connectivity index is 1.53. The Hall–Kier alpha value is -0.830. The lowest BCUT2D eigenvalue weighted by Crippen LogP contribution is -2.39. The van der Waals surface area contributed by atoms with Crippen molar-refractivity contribution in [2.75, 3.05) is 0 Å². The van der Waals surface area contributed by atoms with E-state index in [9.17, 15) is 4.79 Å². The number of amides is 1. The molecule has 3 atom stereocenters. The first-order valence-electron chi connectivity index (χ1n) is 6.13. The summed E-state index contributed by atoms with van der Waals surface area (Å²) in [7, 11) is 0. The maximum Gasteiger partial charge on any atom is 0.225 e. The lowest BCUT2D eigenvalue weighted by Gasteiger charge is -2.22. The van der Waals surface area contributed by atoms with Crippen LogP contribution in [0.5, 0.6) is 0 Å². The molecular formula is C13H17NOS. The van der Waals surface area contributed by atoms with Gasteiger partial charge in [0.15, 0.2) is 0 Å². The van der Waals surface area contributed by atoms with Gasteiger partial charge >= 0.3 is 0 Å². The van der Waals surface area contributed by atoms with Crippen molar-refractivity contribution in [1.29, 1.82) is 0 Å². The predicted octanol–water partition coefficient (Wildman–Crippen LogP) is 2.60. The highest BCUT2D eigenvalue weighted by atomic mass is 32.1. The second kappa shape index (κ2) is 4.21. The Bertz CT molecular complexity index is 373. The molecule has 0 saturated heterocycles. The molecule has 0 unspecified atom stereocenters. The van der Waals surface area contributed by atoms with Gasteiger partial charge in [-0.25, -0.2) is 0 Å². The molecule has 0 spiro atoms. The van der Waals surface area contributed by atoms with Crippen LogP contribution in [0.15, 0.2) is 17.5 Å². The van der Waals surface area contributed by atoms with Crippen LogP contribution in [0, 0.1) is 11.8 Å². The SMILES string of the molecule is O=C(Cc1cccs1)N[C@@H]1C[C@H]2CC[C@H]1C2. The van der Waals surface area contributed by atoms with Crippen LogP contribution in [0.25, 0.3) is 0 Å². The molecule has 86 valence electrons. The fraction of sp³-hybridized carbons (Fsp3) is 0.615. The molecule has 1 heterocycles. The molecule has 1 aromatic rings. The molecule has 3 heteroatoms. The minimum atomic E-state index is 0.208. The van der Waals surface area contributed by atoms with E-state index >= 15 is 0 Å². The van der Waals surface area contributed by atoms with E-state index < -0.39 is 0 Å². The largest absolute Gasteiger partial charge is 0.353 e. The molecule has 1 N–H and O–H groups in total. The summed E-state index contributed by atoms with van der Waals surface area (Å²) in [6, 6.07) is 4.52. The number of carbonyl (C=O) groups is 1. The summed E-state index contributed by atoms with van der Waals surface area (Å²) in [5.41, 5.74) is 0. The molecule has 2 fully saturated rings. The highest BCUT2D eigenvalue weighted by molar-refractivity contribution is 7.10. The molecule has 1 aromatic heterocycles. The van der Waals surface area contributed by atoms with Crippen LogP contribution in [0.2, 0.25) is 0 Å². The molecule has 0 radical (unpaired) electrons. The summed E-state index contributed by atoms with van der Waals surface area (Å²) >= 11 is 1.66. The van der Waals surface area contributed by atoms with Crippen LogP contribution >= 0.6 is 11.3 Å². The zero-order valence-electron chi connectivity index (χ0n) is 9.32. The zero-order chi connectivity index (χ0) is 11.0. The van der Waals surface area contributed by atoms with Crippen molar-refractivity contribution in [1.82, 2.24) is 5.32 Å². The number of thiophene rings is 1. The molecule has 1 amide bonds. The minimum Gasteiger partial charge on any atom is -0.353 e. The van der Waals surface area contributed by atoms with Crippen LogP contribution in [0.4, 0.5) is 0 Å². The molecule has 2 aliphatic carbocycles. The van der Waals surface area contributed by atoms with Gasteiger partial charge < -0.3 is 5.32 Å². The number of hydrogen-bond acceptors (Lipinski definition) is 2. The predicted molar refractivity (Wildman–Crippen MR) is 65.4 cm³/mol. The van der Waals surface area contributed by atoms with Gasteiger partial charge in [-0.2, -0.15) is 0 Å². The van der Waals surface area contributed by atoms with Crippen molar-refractivity contribution >= 4 is 17.2 Å². The second-order valence-electron chi connectivity index (χ2n) is 5.11. The summed E-state index contributed by atoms with van der Waals surface area (Å²) in [5.74, 6) is 1.88. The topological polar surface area (TPSA) is 29.1 Å². The number of fused-ring (bicyclic) bond motifs is 2. The van der Waals surface area contributed by atoms with Gasteiger partial charge in [-0.15, -0.1) is 11.3 Å². The molecular weight excluding hydrogens is 218 g/mol. The van der Waals surface area contributed by atoms with Gasteiger partial charge in [0.2, 0.25) is 5.91 Å². The van der Waals surface area contributed by atoms with E-state index in [-0.39, 0.29) is 5.91 Å². The van der Waals surface area contributed by atoms with Crippen LogP contribution < -0.4 is 5.32 Å². The Morgan fingerprint density at radius 2 is 2.38 bits per heavy atom. The Morgan fingerprint density at radius 3 is 3.00 bits per heavy atom. The third-order valence-electron chi connectivity index (χ3n) is 4.00. The number of rotatable bonds is 3. The minimum absolute atomic E-state index is 0.208. The normalized spacial score (nSPS) is 31.9. The molecule has 0 aromatic carbocycles. The molecule has 2 nitrogen and oxygen atoms in total. The Labute approximate surface area is 100 Å². The van der Waals surface area contributed by atoms with Gasteiger partial charge in [0, 0.05) is 10.9 Å². The first kappa shape index (κ1) is 10.3. The van der Waals surface area contributed by atoms with Gasteiger partial charge in [0.25, 0.3) is 0 Å². The van der Waals surface area contributed by atoms with E-state index in [0.29, 0.717) is 12.5 Å². The van der Waals surface area contributed by atoms with E-state index in [1.807, 2.05) is 17.5 Å². The maximum absolute atomic E-state index is 11.8. The van der Waals surface area contributed by atoms with Gasteiger partial charge in [0.05, 0.1) is 6.42 Å². The molecule has 16 heavy (non-hydrogen) atoms. The Kier molecular flexibility index (Phi) is 2.72. The molecule has 2 bridgehead atoms. The number of carbonyl (C=O) groups excluding carboxylic acids is 1. The summed E-state index contributed by atoms with van der Waals surface area (Å²) < 4.78 is 0. The summed E-state index contributed by atoms with van der Waals surface area (Å²) in [6.07, 6.45) is 5.85. The van der Waals surface area contributed by atoms with E-state index in [2.05, 4.69) is 5.32 Å². The van der Waals surface area contributed by atoms with Crippen LogP contribution in [0.1, 0.15) is 30.6 Å². The molecule has 0 aliphatic heterocycles. The zero-order valence-corrected chi connectivity index (χ0v) is 10.1. The lowest BCUT2D eigenvalue weighted by atomic mass is 9.95.